The molecule has 0 unspecified atom stereocenters. The number of rotatable bonds is 3. The van der Waals surface area contributed by atoms with Crippen molar-refractivity contribution in [3.05, 3.63) is 54.4 Å². The van der Waals surface area contributed by atoms with Gasteiger partial charge in [0.15, 0.2) is 0 Å². The lowest BCUT2D eigenvalue weighted by molar-refractivity contribution is -0.120. The predicted octanol–water partition coefficient (Wildman–Crippen LogP) is 4.83. The summed E-state index contributed by atoms with van der Waals surface area (Å²) in [5.41, 5.74) is 4.90. The van der Waals surface area contributed by atoms with Crippen molar-refractivity contribution in [2.45, 2.75) is 39.0 Å². The Morgan fingerprint density at radius 2 is 2.00 bits per heavy atom. The number of benzene rings is 1. The van der Waals surface area contributed by atoms with Crippen molar-refractivity contribution in [1.29, 1.82) is 0 Å². The van der Waals surface area contributed by atoms with Crippen LogP contribution in [0.1, 0.15) is 37.7 Å². The van der Waals surface area contributed by atoms with Gasteiger partial charge in [-0.3, -0.25) is 4.79 Å². The summed E-state index contributed by atoms with van der Waals surface area (Å²) in [6, 6.07) is 12.1. The number of anilines is 1. The molecule has 1 N–H and O–H groups in total. The van der Waals surface area contributed by atoms with Crippen molar-refractivity contribution in [2.75, 3.05) is 5.32 Å². The van der Waals surface area contributed by atoms with Crippen LogP contribution in [0.4, 0.5) is 5.69 Å². The summed E-state index contributed by atoms with van der Waals surface area (Å²) < 4.78 is 2.04. The molecule has 25 heavy (non-hydrogen) atoms. The summed E-state index contributed by atoms with van der Waals surface area (Å²) in [4.78, 5) is 17.2. The van der Waals surface area contributed by atoms with Crippen LogP contribution in [0.2, 0.25) is 0 Å². The molecular weight excluding hydrogens is 310 g/mol. The van der Waals surface area contributed by atoms with Gasteiger partial charge in [-0.05, 0) is 43.5 Å². The molecule has 4 rings (SSSR count). The molecule has 0 spiro atoms. The SMILES string of the molecule is Cc1cccn2cc(-c3cccc(NC(=O)C4CCCCC4)c3)nc12. The number of nitrogens with one attached hydrogen (secondary N) is 1. The highest BCUT2D eigenvalue weighted by Crippen LogP contribution is 2.27. The van der Waals surface area contributed by atoms with E-state index in [0.29, 0.717) is 0 Å². The van der Waals surface area contributed by atoms with Crippen LogP contribution in [-0.4, -0.2) is 15.3 Å². The Kier molecular flexibility index (Phi) is 4.26. The maximum Gasteiger partial charge on any atom is 0.227 e. The Bertz CT molecular complexity index is 906. The molecule has 0 radical (unpaired) electrons. The lowest BCUT2D eigenvalue weighted by Gasteiger charge is -2.20. The number of amides is 1. The number of imidazole rings is 1. The van der Waals surface area contributed by atoms with Crippen LogP contribution in [-0.2, 0) is 4.79 Å². The van der Waals surface area contributed by atoms with E-state index in [1.54, 1.807) is 0 Å². The second kappa shape index (κ2) is 6.71. The van der Waals surface area contributed by atoms with Crippen LogP contribution in [0.25, 0.3) is 16.9 Å². The first kappa shape index (κ1) is 15.9. The number of pyridine rings is 1. The van der Waals surface area contributed by atoms with E-state index in [1.807, 2.05) is 47.1 Å². The third-order valence-corrected chi connectivity index (χ3v) is 5.08. The number of aryl methyl sites for hydroxylation is 1. The van der Waals surface area contributed by atoms with Crippen molar-refractivity contribution in [3.8, 4) is 11.3 Å². The maximum atomic E-state index is 12.5. The van der Waals surface area contributed by atoms with E-state index in [-0.39, 0.29) is 11.8 Å². The van der Waals surface area contributed by atoms with E-state index < -0.39 is 0 Å². The zero-order chi connectivity index (χ0) is 17.2. The fourth-order valence-electron chi connectivity index (χ4n) is 3.66. The van der Waals surface area contributed by atoms with E-state index in [0.717, 1.165) is 41.0 Å². The highest BCUT2D eigenvalue weighted by molar-refractivity contribution is 5.93. The predicted molar refractivity (Wildman–Crippen MR) is 101 cm³/mol. The zero-order valence-electron chi connectivity index (χ0n) is 14.5. The Morgan fingerprint density at radius 3 is 2.80 bits per heavy atom. The molecule has 0 aliphatic heterocycles. The van der Waals surface area contributed by atoms with Gasteiger partial charge in [-0.15, -0.1) is 0 Å². The number of carbonyl (C=O) groups excluding carboxylic acids is 1. The van der Waals surface area contributed by atoms with Gasteiger partial charge in [-0.2, -0.15) is 0 Å². The van der Waals surface area contributed by atoms with Gasteiger partial charge >= 0.3 is 0 Å². The number of aromatic nitrogens is 2. The van der Waals surface area contributed by atoms with Crippen LogP contribution < -0.4 is 5.32 Å². The quantitative estimate of drug-likeness (QED) is 0.746. The average molecular weight is 333 g/mol. The van der Waals surface area contributed by atoms with Crippen LogP contribution in [0, 0.1) is 12.8 Å². The zero-order valence-corrected chi connectivity index (χ0v) is 14.5. The van der Waals surface area contributed by atoms with Gasteiger partial charge in [-0.25, -0.2) is 4.98 Å². The van der Waals surface area contributed by atoms with Crippen molar-refractivity contribution < 1.29 is 4.79 Å². The Labute approximate surface area is 147 Å². The van der Waals surface area contributed by atoms with Crippen LogP contribution in [0.5, 0.6) is 0 Å². The molecule has 2 heterocycles. The molecule has 1 aliphatic rings. The largest absolute Gasteiger partial charge is 0.326 e. The van der Waals surface area contributed by atoms with Gasteiger partial charge in [-0.1, -0.05) is 37.5 Å². The molecule has 1 saturated carbocycles. The first-order valence-corrected chi connectivity index (χ1v) is 9.06. The molecule has 1 aromatic carbocycles. The van der Waals surface area contributed by atoms with Gasteiger partial charge in [0, 0.05) is 29.6 Å². The van der Waals surface area contributed by atoms with Gasteiger partial charge in [0.1, 0.15) is 5.65 Å². The smallest absolute Gasteiger partial charge is 0.227 e. The summed E-state index contributed by atoms with van der Waals surface area (Å²) in [5.74, 6) is 0.318. The molecule has 3 aromatic rings. The first-order chi connectivity index (χ1) is 12.2. The summed E-state index contributed by atoms with van der Waals surface area (Å²) in [6.07, 6.45) is 9.65. The maximum absolute atomic E-state index is 12.5. The lowest BCUT2D eigenvalue weighted by Crippen LogP contribution is -2.24. The normalized spacial score (nSPS) is 15.4. The minimum atomic E-state index is 0.155. The van der Waals surface area contributed by atoms with Gasteiger partial charge < -0.3 is 9.72 Å². The second-order valence-electron chi connectivity index (χ2n) is 6.95. The van der Waals surface area contributed by atoms with Gasteiger partial charge in [0.05, 0.1) is 5.69 Å². The summed E-state index contributed by atoms with van der Waals surface area (Å²) in [5, 5.41) is 3.09. The molecule has 1 aliphatic carbocycles. The van der Waals surface area contributed by atoms with E-state index in [4.69, 9.17) is 4.98 Å². The molecule has 1 amide bonds. The number of carbonyl (C=O) groups is 1. The third-order valence-electron chi connectivity index (χ3n) is 5.08. The van der Waals surface area contributed by atoms with E-state index in [1.165, 1.54) is 19.3 Å². The van der Waals surface area contributed by atoms with E-state index in [2.05, 4.69) is 18.3 Å². The topological polar surface area (TPSA) is 46.4 Å². The van der Waals surface area contributed by atoms with Crippen LogP contribution >= 0.6 is 0 Å². The standard InChI is InChI=1S/C21H23N3O/c1-15-7-6-12-24-14-19(23-20(15)24)17-10-5-11-18(13-17)22-21(25)16-8-3-2-4-9-16/h5-7,10-14,16H,2-4,8-9H2,1H3,(H,22,25). The van der Waals surface area contributed by atoms with Crippen molar-refractivity contribution in [1.82, 2.24) is 9.38 Å². The van der Waals surface area contributed by atoms with E-state index >= 15 is 0 Å². The molecule has 128 valence electrons. The van der Waals surface area contributed by atoms with Gasteiger partial charge in [0.2, 0.25) is 5.91 Å². The molecule has 4 nitrogen and oxygen atoms in total. The fraction of sp³-hybridized carbons (Fsp3) is 0.333. The molecule has 2 aromatic heterocycles. The average Bonchev–Trinajstić information content (AvgIpc) is 3.08. The Morgan fingerprint density at radius 1 is 1.16 bits per heavy atom. The first-order valence-electron chi connectivity index (χ1n) is 9.06. The number of hydrogen-bond donors (Lipinski definition) is 1. The lowest BCUT2D eigenvalue weighted by atomic mass is 9.88. The minimum absolute atomic E-state index is 0.155. The monoisotopic (exact) mass is 333 g/mol. The third kappa shape index (κ3) is 3.29. The number of hydrogen-bond acceptors (Lipinski definition) is 2. The number of fused-ring (bicyclic) bond motifs is 1. The summed E-state index contributed by atoms with van der Waals surface area (Å²) in [6.45, 7) is 2.06. The molecule has 1 fully saturated rings. The Hall–Kier alpha value is -2.62. The number of nitrogens with zero attached hydrogens (tertiary/aromatic N) is 2. The summed E-state index contributed by atoms with van der Waals surface area (Å²) >= 11 is 0. The van der Waals surface area contributed by atoms with Crippen molar-refractivity contribution in [3.63, 3.8) is 0 Å². The van der Waals surface area contributed by atoms with Gasteiger partial charge in [0.25, 0.3) is 0 Å². The second-order valence-corrected chi connectivity index (χ2v) is 6.95. The Balaban J connectivity index is 1.58. The highest BCUT2D eigenvalue weighted by atomic mass is 16.1. The van der Waals surface area contributed by atoms with Crippen molar-refractivity contribution in [2.24, 2.45) is 5.92 Å². The molecular formula is C21H23N3O. The van der Waals surface area contributed by atoms with Crippen LogP contribution in [0.3, 0.4) is 0 Å². The fourth-order valence-corrected chi connectivity index (χ4v) is 3.66. The highest BCUT2D eigenvalue weighted by Gasteiger charge is 2.21. The van der Waals surface area contributed by atoms with E-state index in [9.17, 15) is 4.79 Å². The molecule has 0 saturated heterocycles. The molecule has 0 atom stereocenters. The molecule has 0 bridgehead atoms. The minimum Gasteiger partial charge on any atom is -0.326 e. The van der Waals surface area contributed by atoms with Crippen molar-refractivity contribution >= 4 is 17.2 Å². The summed E-state index contributed by atoms with van der Waals surface area (Å²) in [7, 11) is 0. The molecule has 4 heteroatoms. The van der Waals surface area contributed by atoms with Crippen LogP contribution in [0.15, 0.2) is 48.8 Å².